The lowest BCUT2D eigenvalue weighted by molar-refractivity contribution is -0.137. The molecule has 3 nitrogen and oxygen atoms in total. The fraction of sp³-hybridized carbons (Fsp3) is 0.400. The zero-order valence-electron chi connectivity index (χ0n) is 12.1. The minimum absolute atomic E-state index is 0.173. The largest absolute Gasteiger partial charge is 0.416 e. The van der Waals surface area contributed by atoms with E-state index in [1.165, 1.54) is 25.3 Å². The lowest BCUT2D eigenvalue weighted by Gasteiger charge is -2.12. The molecule has 0 saturated heterocycles. The highest BCUT2D eigenvalue weighted by atomic mass is 19.4. The summed E-state index contributed by atoms with van der Waals surface area (Å²) in [5.41, 5.74) is 0.0866. The van der Waals surface area contributed by atoms with Gasteiger partial charge in [-0.25, -0.2) is 0 Å². The van der Waals surface area contributed by atoms with Crippen molar-refractivity contribution < 1.29 is 22.7 Å². The fourth-order valence-corrected chi connectivity index (χ4v) is 1.80. The van der Waals surface area contributed by atoms with Gasteiger partial charge in [0.1, 0.15) is 0 Å². The third-order valence-corrected chi connectivity index (χ3v) is 2.80. The SMILES string of the molecule is COCC(C)NC(=O)/C=C(\C)c1cccc(C(F)(F)F)c1. The summed E-state index contributed by atoms with van der Waals surface area (Å²) in [4.78, 5) is 11.7. The van der Waals surface area contributed by atoms with Gasteiger partial charge in [-0.05, 0) is 37.1 Å². The average Bonchev–Trinajstić information content (AvgIpc) is 2.37. The van der Waals surface area contributed by atoms with E-state index >= 15 is 0 Å². The Morgan fingerprint density at radius 1 is 1.43 bits per heavy atom. The van der Waals surface area contributed by atoms with Crippen LogP contribution in [0.3, 0.4) is 0 Å². The van der Waals surface area contributed by atoms with E-state index in [1.54, 1.807) is 13.8 Å². The highest BCUT2D eigenvalue weighted by Crippen LogP contribution is 2.30. The number of carbonyl (C=O) groups excluding carboxylic acids is 1. The molecule has 0 bridgehead atoms. The molecule has 0 radical (unpaired) electrons. The molecular weight excluding hydrogens is 283 g/mol. The summed E-state index contributed by atoms with van der Waals surface area (Å²) < 4.78 is 42.8. The first kappa shape index (κ1) is 17.2. The lowest BCUT2D eigenvalue weighted by atomic mass is 10.0. The summed E-state index contributed by atoms with van der Waals surface area (Å²) >= 11 is 0. The molecular formula is C15H18F3NO2. The number of methoxy groups -OCH3 is 1. The molecule has 0 aliphatic heterocycles. The van der Waals surface area contributed by atoms with Gasteiger partial charge in [0.05, 0.1) is 12.2 Å². The third kappa shape index (κ3) is 5.59. The predicted molar refractivity (Wildman–Crippen MR) is 74.6 cm³/mol. The van der Waals surface area contributed by atoms with Crippen LogP contribution >= 0.6 is 0 Å². The Morgan fingerprint density at radius 2 is 2.10 bits per heavy atom. The topological polar surface area (TPSA) is 38.3 Å². The molecule has 6 heteroatoms. The summed E-state index contributed by atoms with van der Waals surface area (Å²) in [6.07, 6.45) is -3.12. The minimum atomic E-state index is -4.40. The van der Waals surface area contributed by atoms with Crippen molar-refractivity contribution in [3.05, 3.63) is 41.5 Å². The van der Waals surface area contributed by atoms with Crippen LogP contribution in [0.2, 0.25) is 0 Å². The van der Waals surface area contributed by atoms with Gasteiger partial charge in [0, 0.05) is 19.2 Å². The Kier molecular flexibility index (Phi) is 5.96. The van der Waals surface area contributed by atoms with Gasteiger partial charge in [-0.2, -0.15) is 13.2 Å². The normalized spacial score (nSPS) is 13.9. The van der Waals surface area contributed by atoms with E-state index in [1.807, 2.05) is 0 Å². The first-order chi connectivity index (χ1) is 9.74. The standard InChI is InChI=1S/C15H18F3NO2/c1-10(7-14(20)19-11(2)9-21-3)12-5-4-6-13(8-12)15(16,17)18/h4-8,11H,9H2,1-3H3,(H,19,20)/b10-7+. The lowest BCUT2D eigenvalue weighted by Crippen LogP contribution is -2.34. The van der Waals surface area contributed by atoms with Crippen LogP contribution in [-0.2, 0) is 15.7 Å². The molecule has 0 heterocycles. The van der Waals surface area contributed by atoms with Crippen LogP contribution in [0.15, 0.2) is 30.3 Å². The number of carbonyl (C=O) groups is 1. The Bertz CT molecular complexity index is 524. The molecule has 21 heavy (non-hydrogen) atoms. The molecule has 0 spiro atoms. The number of hydrogen-bond donors (Lipinski definition) is 1. The van der Waals surface area contributed by atoms with Crippen LogP contribution in [0.5, 0.6) is 0 Å². The highest BCUT2D eigenvalue weighted by molar-refractivity contribution is 5.95. The van der Waals surface area contributed by atoms with Crippen molar-refractivity contribution in [2.45, 2.75) is 26.1 Å². The van der Waals surface area contributed by atoms with Gasteiger partial charge >= 0.3 is 6.18 Å². The van der Waals surface area contributed by atoms with Crippen LogP contribution in [0, 0.1) is 0 Å². The van der Waals surface area contributed by atoms with E-state index in [0.717, 1.165) is 12.1 Å². The van der Waals surface area contributed by atoms with E-state index in [-0.39, 0.29) is 11.9 Å². The first-order valence-electron chi connectivity index (χ1n) is 6.39. The molecule has 1 aromatic rings. The average molecular weight is 301 g/mol. The van der Waals surface area contributed by atoms with E-state index in [9.17, 15) is 18.0 Å². The van der Waals surface area contributed by atoms with Crippen molar-refractivity contribution in [1.29, 1.82) is 0 Å². The summed E-state index contributed by atoms with van der Waals surface area (Å²) in [7, 11) is 1.52. The summed E-state index contributed by atoms with van der Waals surface area (Å²) in [6.45, 7) is 3.73. The van der Waals surface area contributed by atoms with E-state index in [4.69, 9.17) is 4.74 Å². The number of benzene rings is 1. The maximum absolute atomic E-state index is 12.6. The number of halogens is 3. The fourth-order valence-electron chi connectivity index (χ4n) is 1.80. The maximum atomic E-state index is 12.6. The number of rotatable bonds is 5. The van der Waals surface area contributed by atoms with E-state index in [2.05, 4.69) is 5.32 Å². The minimum Gasteiger partial charge on any atom is -0.383 e. The number of hydrogen-bond acceptors (Lipinski definition) is 2. The predicted octanol–water partition coefficient (Wildman–Crippen LogP) is 3.26. The number of ether oxygens (including phenoxy) is 1. The Labute approximate surface area is 121 Å². The molecule has 0 fully saturated rings. The molecule has 0 aliphatic carbocycles. The van der Waals surface area contributed by atoms with Crippen molar-refractivity contribution in [2.75, 3.05) is 13.7 Å². The molecule has 116 valence electrons. The van der Waals surface area contributed by atoms with Gasteiger partial charge in [0.25, 0.3) is 0 Å². The Hall–Kier alpha value is -1.82. The highest BCUT2D eigenvalue weighted by Gasteiger charge is 2.30. The first-order valence-corrected chi connectivity index (χ1v) is 6.39. The van der Waals surface area contributed by atoms with E-state index in [0.29, 0.717) is 17.7 Å². The van der Waals surface area contributed by atoms with Crippen molar-refractivity contribution in [1.82, 2.24) is 5.32 Å². The number of allylic oxidation sites excluding steroid dienone is 1. The molecule has 0 aromatic heterocycles. The molecule has 1 amide bonds. The molecule has 1 N–H and O–H groups in total. The van der Waals surface area contributed by atoms with Crippen LogP contribution in [0.4, 0.5) is 13.2 Å². The van der Waals surface area contributed by atoms with Crippen molar-refractivity contribution in [3.63, 3.8) is 0 Å². The number of nitrogens with one attached hydrogen (secondary N) is 1. The zero-order chi connectivity index (χ0) is 16.0. The summed E-state index contributed by atoms with van der Waals surface area (Å²) in [5.74, 6) is -0.366. The monoisotopic (exact) mass is 301 g/mol. The second-order valence-electron chi connectivity index (χ2n) is 4.77. The second-order valence-corrected chi connectivity index (χ2v) is 4.77. The van der Waals surface area contributed by atoms with Crippen molar-refractivity contribution >= 4 is 11.5 Å². The molecule has 1 aromatic carbocycles. The van der Waals surface area contributed by atoms with Crippen LogP contribution in [0.25, 0.3) is 5.57 Å². The number of alkyl halides is 3. The quantitative estimate of drug-likeness (QED) is 0.848. The summed E-state index contributed by atoms with van der Waals surface area (Å²) in [6, 6.07) is 4.70. The molecule has 1 unspecified atom stereocenters. The molecule has 1 atom stereocenters. The van der Waals surface area contributed by atoms with Gasteiger partial charge in [0.2, 0.25) is 5.91 Å². The number of amides is 1. The molecule has 0 saturated carbocycles. The van der Waals surface area contributed by atoms with Gasteiger partial charge in [-0.1, -0.05) is 12.1 Å². The van der Waals surface area contributed by atoms with Gasteiger partial charge < -0.3 is 10.1 Å². The van der Waals surface area contributed by atoms with Gasteiger partial charge in [-0.15, -0.1) is 0 Å². The summed E-state index contributed by atoms with van der Waals surface area (Å²) in [5, 5.41) is 2.66. The maximum Gasteiger partial charge on any atom is 0.416 e. The zero-order valence-corrected chi connectivity index (χ0v) is 12.1. The van der Waals surface area contributed by atoms with E-state index < -0.39 is 11.7 Å². The molecule has 1 rings (SSSR count). The van der Waals surface area contributed by atoms with Gasteiger partial charge in [0.15, 0.2) is 0 Å². The second kappa shape index (κ2) is 7.26. The van der Waals surface area contributed by atoms with Gasteiger partial charge in [-0.3, -0.25) is 4.79 Å². The van der Waals surface area contributed by atoms with Crippen LogP contribution in [0.1, 0.15) is 25.0 Å². The Morgan fingerprint density at radius 3 is 2.67 bits per heavy atom. The van der Waals surface area contributed by atoms with Crippen LogP contribution < -0.4 is 5.32 Å². The van der Waals surface area contributed by atoms with Crippen molar-refractivity contribution in [2.24, 2.45) is 0 Å². The van der Waals surface area contributed by atoms with Crippen molar-refractivity contribution in [3.8, 4) is 0 Å². The Balaban J connectivity index is 2.85. The van der Waals surface area contributed by atoms with Crippen LogP contribution in [-0.4, -0.2) is 25.7 Å². The third-order valence-electron chi connectivity index (χ3n) is 2.80. The molecule has 0 aliphatic rings. The smallest absolute Gasteiger partial charge is 0.383 e.